The van der Waals surface area contributed by atoms with Crippen molar-refractivity contribution in [2.75, 3.05) is 20.4 Å². The Kier molecular flexibility index (Phi) is 19.0. The number of rotatable bonds is 20. The van der Waals surface area contributed by atoms with Crippen LogP contribution in [-0.2, 0) is 33.3 Å². The molecule has 304 valence electrons. The normalized spacial score (nSPS) is 15.8. The first-order valence-corrected chi connectivity index (χ1v) is 23.1. The van der Waals surface area contributed by atoms with Crippen LogP contribution >= 0.6 is 0 Å². The molecule has 0 aliphatic carbocycles. The topological polar surface area (TPSA) is 145 Å². The van der Waals surface area contributed by atoms with Crippen LogP contribution in [0, 0.1) is 0 Å². The molecule has 6 rings (SSSR count). The quantitative estimate of drug-likeness (QED) is 0.0501. The smallest absolute Gasteiger partial charge is 0.744 e. The number of nitrogens with zero attached hydrogens (tertiary/aromatic N) is 2. The van der Waals surface area contributed by atoms with E-state index in [1.807, 2.05) is 36.4 Å². The van der Waals surface area contributed by atoms with Gasteiger partial charge in [-0.2, -0.15) is 0 Å². The SMILES string of the molecule is CCCCCCCCC1Nc2cc(S(=O)(=O)[O-])ccc2N1Cc1ccccc1.CCCCCCCCC1Nc2cc(S(=O)(=O)[O-])ccc2N1Cc1ccccc1.[Ca+2]. The van der Waals surface area contributed by atoms with Crippen molar-refractivity contribution in [2.24, 2.45) is 0 Å². The van der Waals surface area contributed by atoms with Crippen LogP contribution in [0.1, 0.15) is 115 Å². The van der Waals surface area contributed by atoms with Gasteiger partial charge in [-0.15, -0.1) is 0 Å². The third-order valence-electron chi connectivity index (χ3n) is 10.6. The minimum absolute atomic E-state index is 0. The molecular formula is C44H58CaN4O6S2. The molecular weight excluding hydrogens is 785 g/mol. The maximum Gasteiger partial charge on any atom is 2.00 e. The van der Waals surface area contributed by atoms with Crippen molar-refractivity contribution in [3.63, 3.8) is 0 Å². The zero-order chi connectivity index (χ0) is 40.0. The van der Waals surface area contributed by atoms with Crippen molar-refractivity contribution in [3.8, 4) is 0 Å². The van der Waals surface area contributed by atoms with Crippen LogP contribution in [0.3, 0.4) is 0 Å². The molecule has 0 saturated carbocycles. The average molecular weight is 843 g/mol. The van der Waals surface area contributed by atoms with Crippen LogP contribution in [0.4, 0.5) is 22.7 Å². The Morgan fingerprint density at radius 3 is 1.21 bits per heavy atom. The van der Waals surface area contributed by atoms with E-state index in [2.05, 4.69) is 58.5 Å². The Labute approximate surface area is 371 Å². The van der Waals surface area contributed by atoms with E-state index >= 15 is 0 Å². The molecule has 13 heteroatoms. The molecule has 0 bridgehead atoms. The predicted molar refractivity (Wildman–Crippen MR) is 231 cm³/mol. The van der Waals surface area contributed by atoms with Crippen molar-refractivity contribution in [1.82, 2.24) is 0 Å². The number of benzene rings is 4. The summed E-state index contributed by atoms with van der Waals surface area (Å²) in [6, 6.07) is 29.7. The molecule has 0 amide bonds. The summed E-state index contributed by atoms with van der Waals surface area (Å²) in [6.45, 7) is 5.92. The zero-order valence-corrected chi connectivity index (χ0v) is 37.4. The van der Waals surface area contributed by atoms with Gasteiger partial charge in [0.1, 0.15) is 20.2 Å². The Bertz CT molecular complexity index is 1890. The Morgan fingerprint density at radius 2 is 0.860 bits per heavy atom. The van der Waals surface area contributed by atoms with Gasteiger partial charge in [-0.3, -0.25) is 0 Å². The number of nitrogens with one attached hydrogen (secondary N) is 2. The Hall–Kier alpha value is -2.84. The summed E-state index contributed by atoms with van der Waals surface area (Å²) in [4.78, 5) is 4.19. The average Bonchev–Trinajstić information content (AvgIpc) is 3.70. The Morgan fingerprint density at radius 1 is 0.509 bits per heavy atom. The van der Waals surface area contributed by atoms with Crippen molar-refractivity contribution in [1.29, 1.82) is 0 Å². The summed E-state index contributed by atoms with van der Waals surface area (Å²) in [5, 5.41) is 6.88. The van der Waals surface area contributed by atoms with Gasteiger partial charge in [-0.25, -0.2) is 16.8 Å². The van der Waals surface area contributed by atoms with Crippen molar-refractivity contribution in [2.45, 2.75) is 139 Å². The molecule has 10 nitrogen and oxygen atoms in total. The number of fused-ring (bicyclic) bond motifs is 2. The molecule has 2 N–H and O–H groups in total. The molecule has 2 aliphatic rings. The van der Waals surface area contributed by atoms with E-state index in [9.17, 15) is 25.9 Å². The van der Waals surface area contributed by atoms with E-state index in [1.54, 1.807) is 12.1 Å². The fourth-order valence-electron chi connectivity index (χ4n) is 7.57. The molecule has 2 unspecified atom stereocenters. The van der Waals surface area contributed by atoms with Crippen molar-refractivity contribution in [3.05, 3.63) is 108 Å². The van der Waals surface area contributed by atoms with Gasteiger partial charge >= 0.3 is 37.7 Å². The predicted octanol–water partition coefficient (Wildman–Crippen LogP) is 9.82. The minimum Gasteiger partial charge on any atom is -0.744 e. The number of anilines is 4. The first-order chi connectivity index (χ1) is 27.0. The van der Waals surface area contributed by atoms with Crippen LogP contribution in [0.25, 0.3) is 0 Å². The largest absolute Gasteiger partial charge is 2.00 e. The first-order valence-electron chi connectivity index (χ1n) is 20.3. The van der Waals surface area contributed by atoms with Crippen molar-refractivity contribution >= 4 is 80.7 Å². The molecule has 0 spiro atoms. The maximum atomic E-state index is 11.4. The van der Waals surface area contributed by atoms with Crippen LogP contribution in [-0.4, -0.2) is 76.0 Å². The maximum absolute atomic E-state index is 11.4. The van der Waals surface area contributed by atoms with E-state index in [-0.39, 0.29) is 59.9 Å². The van der Waals surface area contributed by atoms with Gasteiger partial charge in [-0.1, -0.05) is 139 Å². The number of hydrogen-bond donors (Lipinski definition) is 2. The molecule has 4 aromatic rings. The van der Waals surface area contributed by atoms with E-state index in [1.165, 1.54) is 99.6 Å². The van der Waals surface area contributed by atoms with Crippen molar-refractivity contribution < 1.29 is 25.9 Å². The second-order valence-corrected chi connectivity index (χ2v) is 17.7. The minimum atomic E-state index is -4.46. The van der Waals surface area contributed by atoms with Gasteiger partial charge < -0.3 is 29.5 Å². The zero-order valence-electron chi connectivity index (χ0n) is 33.6. The summed E-state index contributed by atoms with van der Waals surface area (Å²) in [5.41, 5.74) is 5.75. The van der Waals surface area contributed by atoms with Gasteiger partial charge in [-0.05, 0) is 73.2 Å². The van der Waals surface area contributed by atoms with E-state index in [0.29, 0.717) is 0 Å². The van der Waals surface area contributed by atoms with Gasteiger partial charge in [0.15, 0.2) is 0 Å². The second-order valence-electron chi connectivity index (χ2n) is 14.9. The third kappa shape index (κ3) is 14.2. The van der Waals surface area contributed by atoms with Crippen LogP contribution in [0.5, 0.6) is 0 Å². The summed E-state index contributed by atoms with van der Waals surface area (Å²) < 4.78 is 68.3. The molecule has 0 aromatic heterocycles. The van der Waals surface area contributed by atoms with Gasteiger partial charge in [0.25, 0.3) is 0 Å². The fourth-order valence-corrected chi connectivity index (χ4v) is 8.56. The van der Waals surface area contributed by atoms with E-state index in [0.717, 1.165) is 61.5 Å². The standard InChI is InChI=1S/2C22H30N2O3S.Ca/c2*1-2-3-4-5-6-10-13-22-23-20-16-19(28(25,26)27)14-15-21(20)24(22)17-18-11-8-7-9-12-18;/h2*7-9,11-12,14-16,22-23H,2-6,10,13,17H2,1H3,(H,25,26,27);/q;;+2/p-2. The third-order valence-corrected chi connectivity index (χ3v) is 12.2. The Balaban J connectivity index is 0.000000248. The first kappa shape index (κ1) is 46.8. The number of unbranched alkanes of at least 4 members (excludes halogenated alkanes) is 10. The fraction of sp³-hybridized carbons (Fsp3) is 0.455. The molecule has 2 heterocycles. The second kappa shape index (κ2) is 23.1. The summed E-state index contributed by atoms with van der Waals surface area (Å²) in [7, 11) is -8.91. The molecule has 0 fully saturated rings. The van der Waals surface area contributed by atoms with Gasteiger partial charge in [0.2, 0.25) is 0 Å². The van der Waals surface area contributed by atoms with Gasteiger partial charge in [0.05, 0.1) is 44.9 Å². The van der Waals surface area contributed by atoms with E-state index in [4.69, 9.17) is 0 Å². The van der Waals surface area contributed by atoms with Crippen LogP contribution < -0.4 is 20.4 Å². The van der Waals surface area contributed by atoms with Crippen LogP contribution in [0.2, 0.25) is 0 Å². The number of hydrogen-bond acceptors (Lipinski definition) is 10. The summed E-state index contributed by atoms with van der Waals surface area (Å²) in [5.74, 6) is 0. The molecule has 2 atom stereocenters. The molecule has 0 radical (unpaired) electrons. The summed E-state index contributed by atoms with van der Waals surface area (Å²) in [6.07, 6.45) is 17.0. The molecule has 2 aliphatic heterocycles. The van der Waals surface area contributed by atoms with Crippen LogP contribution in [0.15, 0.2) is 107 Å². The van der Waals surface area contributed by atoms with E-state index < -0.39 is 20.2 Å². The molecule has 57 heavy (non-hydrogen) atoms. The monoisotopic (exact) mass is 842 g/mol. The molecule has 4 aromatic carbocycles. The van der Waals surface area contributed by atoms with Gasteiger partial charge in [0, 0.05) is 13.1 Å². The summed E-state index contributed by atoms with van der Waals surface area (Å²) >= 11 is 0. The molecule has 0 saturated heterocycles.